The zero-order valence-electron chi connectivity index (χ0n) is 18.7. The molecule has 0 spiro atoms. The van der Waals surface area contributed by atoms with Crippen LogP contribution >= 0.6 is 11.6 Å². The molecule has 2 rings (SSSR count). The molecule has 2 nitrogen and oxygen atoms in total. The van der Waals surface area contributed by atoms with Crippen molar-refractivity contribution in [3.63, 3.8) is 0 Å². The molecule has 30 heavy (non-hydrogen) atoms. The Morgan fingerprint density at radius 3 is 2.10 bits per heavy atom. The molecule has 1 N–H and O–H groups in total. The third-order valence-electron chi connectivity index (χ3n) is 5.77. The monoisotopic (exact) mass is 444 g/mol. The van der Waals surface area contributed by atoms with Gasteiger partial charge in [0.15, 0.2) is 0 Å². The van der Waals surface area contributed by atoms with Crippen LogP contribution in [-0.4, -0.2) is 19.1 Å². The van der Waals surface area contributed by atoms with E-state index in [1.54, 1.807) is 0 Å². The van der Waals surface area contributed by atoms with E-state index in [0.717, 1.165) is 50.5 Å². The molecule has 0 aromatic heterocycles. The molecule has 0 bridgehead atoms. The molecule has 0 heterocycles. The van der Waals surface area contributed by atoms with Crippen molar-refractivity contribution in [1.82, 2.24) is 0 Å². The number of benzene rings is 2. The highest BCUT2D eigenvalue weighted by molar-refractivity contribution is 6.87. The molecule has 0 aliphatic heterocycles. The highest BCUT2D eigenvalue weighted by atomic mass is 35.5. The number of halogens is 1. The fraction of sp³-hybridized carbons (Fsp3) is 0.500. The molecule has 0 fully saturated rings. The second-order valence-corrected chi connectivity index (χ2v) is 13.7. The van der Waals surface area contributed by atoms with E-state index < -0.39 is 14.9 Å². The summed E-state index contributed by atoms with van der Waals surface area (Å²) >= 11 is 5.37. The lowest BCUT2D eigenvalue weighted by molar-refractivity contribution is -0.111. The first kappa shape index (κ1) is 24.8. The molecule has 164 valence electrons. The topological polar surface area (TPSA) is 37.3 Å². The van der Waals surface area contributed by atoms with Crippen LogP contribution in [0.1, 0.15) is 83.8 Å². The molecule has 0 radical (unpaired) electrons. The van der Waals surface area contributed by atoms with E-state index >= 15 is 0 Å². The highest BCUT2D eigenvalue weighted by Gasteiger charge is 2.32. The standard InChI is InChI=1S/C26H37ClO2Si/c1-26(2,3)30(21-15-9-8-10-16-21)24-19-14-13-17-22(24)23(28)18-11-6-4-5-7-12-20-25(27)29/h8-10,13-17,19,23,28,30H,4-7,11-12,18,20H2,1-3H3. The van der Waals surface area contributed by atoms with Crippen molar-refractivity contribution in [3.05, 3.63) is 60.2 Å². The first-order valence-electron chi connectivity index (χ1n) is 11.3. The van der Waals surface area contributed by atoms with Gasteiger partial charge in [0, 0.05) is 6.42 Å². The molecule has 2 aromatic rings. The average molecular weight is 445 g/mol. The average Bonchev–Trinajstić information content (AvgIpc) is 2.70. The summed E-state index contributed by atoms with van der Waals surface area (Å²) < 4.78 is 0. The summed E-state index contributed by atoms with van der Waals surface area (Å²) in [5, 5.41) is 13.8. The largest absolute Gasteiger partial charge is 0.388 e. The van der Waals surface area contributed by atoms with Crippen molar-refractivity contribution in [2.24, 2.45) is 0 Å². The van der Waals surface area contributed by atoms with Crippen molar-refractivity contribution in [3.8, 4) is 0 Å². The number of rotatable bonds is 12. The van der Waals surface area contributed by atoms with Gasteiger partial charge in [-0.2, -0.15) is 0 Å². The van der Waals surface area contributed by atoms with Crippen molar-refractivity contribution in [2.45, 2.75) is 83.3 Å². The predicted octanol–water partition coefficient (Wildman–Crippen LogP) is 5.75. The minimum Gasteiger partial charge on any atom is -0.388 e. The first-order valence-corrected chi connectivity index (χ1v) is 13.4. The molecular formula is C26H37ClO2Si. The lowest BCUT2D eigenvalue weighted by Crippen LogP contribution is -2.50. The number of aliphatic hydroxyl groups is 1. The van der Waals surface area contributed by atoms with Gasteiger partial charge in [0.2, 0.25) is 5.24 Å². The van der Waals surface area contributed by atoms with Gasteiger partial charge in [0.25, 0.3) is 0 Å². The van der Waals surface area contributed by atoms with Gasteiger partial charge in [-0.1, -0.05) is 118 Å². The van der Waals surface area contributed by atoms with Gasteiger partial charge >= 0.3 is 0 Å². The molecule has 2 atom stereocenters. The Morgan fingerprint density at radius 1 is 0.900 bits per heavy atom. The number of carbonyl (C=O) groups is 1. The van der Waals surface area contributed by atoms with Gasteiger partial charge in [-0.25, -0.2) is 0 Å². The van der Waals surface area contributed by atoms with E-state index in [2.05, 4.69) is 75.4 Å². The van der Waals surface area contributed by atoms with Crippen LogP contribution < -0.4 is 10.4 Å². The van der Waals surface area contributed by atoms with Crippen LogP contribution in [0, 0.1) is 0 Å². The number of unbranched alkanes of at least 4 members (excludes halogenated alkanes) is 5. The summed E-state index contributed by atoms with van der Waals surface area (Å²) in [6.45, 7) is 6.99. The molecule has 0 aliphatic carbocycles. The van der Waals surface area contributed by atoms with E-state index in [9.17, 15) is 9.90 Å². The fourth-order valence-electron chi connectivity index (χ4n) is 4.33. The predicted molar refractivity (Wildman–Crippen MR) is 132 cm³/mol. The Bertz CT molecular complexity index is 770. The molecule has 2 unspecified atom stereocenters. The lowest BCUT2D eigenvalue weighted by atomic mass is 10.0. The first-order chi connectivity index (χ1) is 14.3. The van der Waals surface area contributed by atoms with Crippen molar-refractivity contribution in [1.29, 1.82) is 0 Å². The Morgan fingerprint density at radius 2 is 1.47 bits per heavy atom. The fourth-order valence-corrected chi connectivity index (χ4v) is 8.29. The van der Waals surface area contributed by atoms with Crippen LogP contribution in [0.25, 0.3) is 0 Å². The number of aliphatic hydroxyl groups excluding tert-OH is 1. The molecule has 0 saturated carbocycles. The van der Waals surface area contributed by atoms with Gasteiger partial charge in [0.05, 0.1) is 6.10 Å². The summed E-state index contributed by atoms with van der Waals surface area (Å²) in [6, 6.07) is 19.4. The summed E-state index contributed by atoms with van der Waals surface area (Å²) in [5.41, 5.74) is 1.12. The Kier molecular flexibility index (Phi) is 10.3. The van der Waals surface area contributed by atoms with Crippen LogP contribution in [0.5, 0.6) is 0 Å². The van der Waals surface area contributed by atoms with Crippen molar-refractivity contribution >= 4 is 36.0 Å². The molecule has 0 saturated heterocycles. The minimum absolute atomic E-state index is 0.182. The number of carbonyl (C=O) groups excluding carboxylic acids is 1. The molecule has 0 aliphatic rings. The Hall–Kier alpha value is -1.42. The van der Waals surface area contributed by atoms with Crippen LogP contribution in [-0.2, 0) is 4.79 Å². The highest BCUT2D eigenvalue weighted by Crippen LogP contribution is 2.29. The Balaban J connectivity index is 1.99. The van der Waals surface area contributed by atoms with Crippen molar-refractivity contribution in [2.75, 3.05) is 0 Å². The van der Waals surface area contributed by atoms with Gasteiger partial charge in [-0.3, -0.25) is 4.79 Å². The maximum absolute atomic E-state index is 11.0. The molecule has 2 aromatic carbocycles. The van der Waals surface area contributed by atoms with E-state index in [1.807, 2.05) is 0 Å². The lowest BCUT2D eigenvalue weighted by Gasteiger charge is -2.32. The Labute approximate surface area is 189 Å². The third-order valence-corrected chi connectivity index (χ3v) is 9.89. The van der Waals surface area contributed by atoms with Crippen LogP contribution in [0.4, 0.5) is 0 Å². The smallest absolute Gasteiger partial charge is 0.221 e. The van der Waals surface area contributed by atoms with E-state index in [4.69, 9.17) is 11.6 Å². The zero-order valence-corrected chi connectivity index (χ0v) is 20.7. The van der Waals surface area contributed by atoms with Gasteiger partial charge in [-0.15, -0.1) is 0 Å². The van der Waals surface area contributed by atoms with Crippen LogP contribution in [0.3, 0.4) is 0 Å². The summed E-state index contributed by atoms with van der Waals surface area (Å²) in [5.74, 6) is 0. The van der Waals surface area contributed by atoms with E-state index in [0.29, 0.717) is 6.42 Å². The van der Waals surface area contributed by atoms with Crippen molar-refractivity contribution < 1.29 is 9.90 Å². The third kappa shape index (κ3) is 8.01. The second kappa shape index (κ2) is 12.4. The molecular weight excluding hydrogens is 408 g/mol. The van der Waals surface area contributed by atoms with Gasteiger partial charge in [0.1, 0.15) is 8.80 Å². The van der Waals surface area contributed by atoms with E-state index in [-0.39, 0.29) is 10.3 Å². The summed E-state index contributed by atoms with van der Waals surface area (Å²) in [7, 11) is -1.50. The molecule has 4 heteroatoms. The SMILES string of the molecule is CC(C)(C)[SiH](c1ccccc1)c1ccccc1C(O)CCCCCCCCC(=O)Cl. The van der Waals surface area contributed by atoms with Gasteiger partial charge in [-0.05, 0) is 35.0 Å². The van der Waals surface area contributed by atoms with E-state index in [1.165, 1.54) is 10.4 Å². The maximum Gasteiger partial charge on any atom is 0.221 e. The maximum atomic E-state index is 11.0. The quantitative estimate of drug-likeness (QED) is 0.257. The van der Waals surface area contributed by atoms with Gasteiger partial charge < -0.3 is 5.11 Å². The zero-order chi connectivity index (χ0) is 22.0. The number of hydrogen-bond donors (Lipinski definition) is 1. The van der Waals surface area contributed by atoms with Crippen LogP contribution in [0.15, 0.2) is 54.6 Å². The van der Waals surface area contributed by atoms with Crippen LogP contribution in [0.2, 0.25) is 5.04 Å². The number of hydrogen-bond acceptors (Lipinski definition) is 2. The second-order valence-electron chi connectivity index (χ2n) is 9.37. The summed E-state index contributed by atoms with van der Waals surface area (Å²) in [6.07, 6.45) is 7.24. The summed E-state index contributed by atoms with van der Waals surface area (Å²) in [4.78, 5) is 10.8. The minimum atomic E-state index is -1.50. The normalized spacial score (nSPS) is 13.8. The molecule has 0 amide bonds.